The average Bonchev–Trinajstić information content (AvgIpc) is 3.14. The van der Waals surface area contributed by atoms with Crippen LogP contribution in [-0.2, 0) is 4.79 Å². The molecule has 3 rings (SSSR count). The summed E-state index contributed by atoms with van der Waals surface area (Å²) in [4.78, 5) is 13.4. The summed E-state index contributed by atoms with van der Waals surface area (Å²) in [6, 6.07) is 16.9. The number of carbonyl (C=O) groups is 1. The van der Waals surface area contributed by atoms with Crippen LogP contribution >= 0.6 is 11.3 Å². The Morgan fingerprint density at radius 2 is 1.88 bits per heavy atom. The number of carbonyl (C=O) groups excluding carboxylic acids is 1. The molecule has 0 aliphatic heterocycles. The minimum Gasteiger partial charge on any atom is -0.325 e. The molecule has 0 aliphatic rings. The van der Waals surface area contributed by atoms with Gasteiger partial charge in [-0.05, 0) is 48.6 Å². The van der Waals surface area contributed by atoms with E-state index >= 15 is 0 Å². The summed E-state index contributed by atoms with van der Waals surface area (Å²) < 4.78 is 13.6. The van der Waals surface area contributed by atoms with Crippen LogP contribution in [0.15, 0.2) is 60.0 Å². The molecule has 0 spiro atoms. The number of hydrogen-bond donors (Lipinski definition) is 2. The van der Waals surface area contributed by atoms with Crippen LogP contribution < -0.4 is 10.6 Å². The monoisotopic (exact) mass is 368 g/mol. The van der Waals surface area contributed by atoms with Gasteiger partial charge in [0.15, 0.2) is 0 Å². The molecule has 2 aromatic carbocycles. The molecule has 2 N–H and O–H groups in total. The highest BCUT2D eigenvalue weighted by Crippen LogP contribution is 2.26. The highest BCUT2D eigenvalue weighted by molar-refractivity contribution is 7.10. The Morgan fingerprint density at radius 1 is 1.12 bits per heavy atom. The molecule has 3 aromatic rings. The molecule has 0 radical (unpaired) electrons. The molecule has 0 saturated carbocycles. The Labute approximate surface area is 156 Å². The molecule has 3 nitrogen and oxygen atoms in total. The number of hydrogen-bond acceptors (Lipinski definition) is 3. The Morgan fingerprint density at radius 3 is 2.54 bits per heavy atom. The number of rotatable bonds is 6. The van der Waals surface area contributed by atoms with E-state index in [1.54, 1.807) is 30.4 Å². The summed E-state index contributed by atoms with van der Waals surface area (Å²) in [5.41, 5.74) is 3.31. The molecule has 26 heavy (non-hydrogen) atoms. The van der Waals surface area contributed by atoms with E-state index in [0.29, 0.717) is 11.3 Å². The third-order valence-corrected chi connectivity index (χ3v) is 5.10. The van der Waals surface area contributed by atoms with Gasteiger partial charge in [0, 0.05) is 10.6 Å². The zero-order valence-electron chi connectivity index (χ0n) is 14.8. The second-order valence-corrected chi connectivity index (χ2v) is 7.23. The van der Waals surface area contributed by atoms with Crippen molar-refractivity contribution in [3.63, 3.8) is 0 Å². The van der Waals surface area contributed by atoms with Crippen LogP contribution in [-0.4, -0.2) is 12.5 Å². The lowest BCUT2D eigenvalue weighted by molar-refractivity contribution is -0.115. The molecule has 0 fully saturated rings. The van der Waals surface area contributed by atoms with Crippen molar-refractivity contribution in [2.24, 2.45) is 0 Å². The number of halogens is 1. The van der Waals surface area contributed by atoms with Crippen molar-refractivity contribution in [1.82, 2.24) is 5.32 Å². The Balaban J connectivity index is 1.68. The number of amides is 1. The summed E-state index contributed by atoms with van der Waals surface area (Å²) in [7, 11) is 0. The number of nitrogens with one attached hydrogen (secondary N) is 2. The van der Waals surface area contributed by atoms with Crippen molar-refractivity contribution >= 4 is 22.9 Å². The number of anilines is 1. The van der Waals surface area contributed by atoms with Gasteiger partial charge in [-0.2, -0.15) is 0 Å². The predicted molar refractivity (Wildman–Crippen MR) is 105 cm³/mol. The van der Waals surface area contributed by atoms with Gasteiger partial charge in [-0.3, -0.25) is 10.1 Å². The fourth-order valence-corrected chi connectivity index (χ4v) is 3.49. The standard InChI is InChI=1S/C21H21FN2OS/c1-14-5-8-16(9-6-14)21(19-4-3-11-26-19)23-13-20(25)24-17-10-7-15(2)18(22)12-17/h3-12,21,23H,13H2,1-2H3,(H,24,25)/t21-/m1/s1. The van der Waals surface area contributed by atoms with Crippen LogP contribution in [0, 0.1) is 19.7 Å². The van der Waals surface area contributed by atoms with Crippen molar-refractivity contribution in [3.8, 4) is 0 Å². The van der Waals surface area contributed by atoms with E-state index in [1.165, 1.54) is 11.6 Å². The van der Waals surface area contributed by atoms with Crippen LogP contribution in [0.2, 0.25) is 0 Å². The maximum absolute atomic E-state index is 13.6. The molecule has 0 aliphatic carbocycles. The fraction of sp³-hybridized carbons (Fsp3) is 0.190. The van der Waals surface area contributed by atoms with Crippen LogP contribution in [0.1, 0.15) is 27.6 Å². The number of thiophene rings is 1. The quantitative estimate of drug-likeness (QED) is 0.655. The maximum Gasteiger partial charge on any atom is 0.238 e. The molecule has 1 amide bonds. The molecule has 0 unspecified atom stereocenters. The third-order valence-electron chi connectivity index (χ3n) is 4.16. The van der Waals surface area contributed by atoms with E-state index in [-0.39, 0.29) is 24.3 Å². The van der Waals surface area contributed by atoms with E-state index < -0.39 is 0 Å². The molecule has 1 aromatic heterocycles. The first-order valence-electron chi connectivity index (χ1n) is 8.42. The average molecular weight is 368 g/mol. The minimum absolute atomic E-state index is 0.0592. The fourth-order valence-electron chi connectivity index (χ4n) is 2.67. The van der Waals surface area contributed by atoms with E-state index in [1.807, 2.05) is 18.4 Å². The lowest BCUT2D eigenvalue weighted by Crippen LogP contribution is -2.31. The van der Waals surface area contributed by atoms with E-state index in [2.05, 4.69) is 41.0 Å². The molecule has 1 heterocycles. The lowest BCUT2D eigenvalue weighted by atomic mass is 10.0. The predicted octanol–water partition coefficient (Wildman–Crippen LogP) is 4.82. The zero-order chi connectivity index (χ0) is 18.5. The molecule has 0 bridgehead atoms. The first-order chi connectivity index (χ1) is 12.5. The van der Waals surface area contributed by atoms with Gasteiger partial charge in [0.2, 0.25) is 5.91 Å². The van der Waals surface area contributed by atoms with Gasteiger partial charge in [-0.25, -0.2) is 4.39 Å². The first kappa shape index (κ1) is 18.3. The van der Waals surface area contributed by atoms with Crippen molar-refractivity contribution in [3.05, 3.63) is 87.4 Å². The molecule has 0 saturated heterocycles. The van der Waals surface area contributed by atoms with Crippen LogP contribution in [0.5, 0.6) is 0 Å². The van der Waals surface area contributed by atoms with Gasteiger partial charge < -0.3 is 5.32 Å². The van der Waals surface area contributed by atoms with E-state index in [0.717, 1.165) is 10.4 Å². The summed E-state index contributed by atoms with van der Waals surface area (Å²) in [5, 5.41) is 8.06. The van der Waals surface area contributed by atoms with Gasteiger partial charge in [0.1, 0.15) is 5.82 Å². The normalized spacial score (nSPS) is 12.0. The highest BCUT2D eigenvalue weighted by Gasteiger charge is 2.16. The maximum atomic E-state index is 13.6. The molecular weight excluding hydrogens is 347 g/mol. The van der Waals surface area contributed by atoms with Crippen LogP contribution in [0.3, 0.4) is 0 Å². The largest absolute Gasteiger partial charge is 0.325 e. The van der Waals surface area contributed by atoms with E-state index in [9.17, 15) is 9.18 Å². The van der Waals surface area contributed by atoms with Crippen molar-refractivity contribution in [2.75, 3.05) is 11.9 Å². The second kappa shape index (κ2) is 8.25. The van der Waals surface area contributed by atoms with Crippen molar-refractivity contribution in [1.29, 1.82) is 0 Å². The lowest BCUT2D eigenvalue weighted by Gasteiger charge is -2.18. The van der Waals surface area contributed by atoms with Crippen molar-refractivity contribution < 1.29 is 9.18 Å². The van der Waals surface area contributed by atoms with Gasteiger partial charge in [-0.1, -0.05) is 42.0 Å². The number of aryl methyl sites for hydroxylation is 2. The van der Waals surface area contributed by atoms with Crippen molar-refractivity contribution in [2.45, 2.75) is 19.9 Å². The van der Waals surface area contributed by atoms with Gasteiger partial charge in [0.05, 0.1) is 12.6 Å². The Hall–Kier alpha value is -2.50. The minimum atomic E-state index is -0.327. The smallest absolute Gasteiger partial charge is 0.238 e. The molecule has 134 valence electrons. The highest BCUT2D eigenvalue weighted by atomic mass is 32.1. The SMILES string of the molecule is Cc1ccc([C@@H](NCC(=O)Nc2ccc(C)c(F)c2)c2cccs2)cc1. The number of benzene rings is 2. The summed E-state index contributed by atoms with van der Waals surface area (Å²) in [5.74, 6) is -0.534. The van der Waals surface area contributed by atoms with Gasteiger partial charge in [-0.15, -0.1) is 11.3 Å². The molecule has 1 atom stereocenters. The van der Waals surface area contributed by atoms with Crippen LogP contribution in [0.4, 0.5) is 10.1 Å². The summed E-state index contributed by atoms with van der Waals surface area (Å²) in [6.45, 7) is 3.87. The first-order valence-corrected chi connectivity index (χ1v) is 9.30. The Bertz CT molecular complexity index is 876. The Kier molecular flexibility index (Phi) is 5.81. The summed E-state index contributed by atoms with van der Waals surface area (Å²) in [6.07, 6.45) is 0. The van der Waals surface area contributed by atoms with Crippen LogP contribution in [0.25, 0.3) is 0 Å². The summed E-state index contributed by atoms with van der Waals surface area (Å²) >= 11 is 1.65. The topological polar surface area (TPSA) is 41.1 Å². The third kappa shape index (κ3) is 4.56. The van der Waals surface area contributed by atoms with Gasteiger partial charge >= 0.3 is 0 Å². The zero-order valence-corrected chi connectivity index (χ0v) is 15.6. The molecule has 5 heteroatoms. The second-order valence-electron chi connectivity index (χ2n) is 6.25. The van der Waals surface area contributed by atoms with E-state index in [4.69, 9.17) is 0 Å². The molecular formula is C21H21FN2OS. The van der Waals surface area contributed by atoms with Gasteiger partial charge in [0.25, 0.3) is 0 Å².